The van der Waals surface area contributed by atoms with Gasteiger partial charge in [-0.3, -0.25) is 0 Å². The Morgan fingerprint density at radius 3 is 2.41 bits per heavy atom. The van der Waals surface area contributed by atoms with Gasteiger partial charge in [-0.25, -0.2) is 0 Å². The Labute approximate surface area is 127 Å². The van der Waals surface area contributed by atoms with Crippen LogP contribution in [0.5, 0.6) is 0 Å². The highest BCUT2D eigenvalue weighted by molar-refractivity contribution is 5.63. The van der Waals surface area contributed by atoms with Crippen LogP contribution in [-0.4, -0.2) is 20.1 Å². The van der Waals surface area contributed by atoms with Gasteiger partial charge in [-0.1, -0.05) is 42.5 Å². The highest BCUT2D eigenvalue weighted by Crippen LogP contribution is 2.22. The largest absolute Gasteiger partial charge is 0.392 e. The summed E-state index contributed by atoms with van der Waals surface area (Å²) in [5.41, 5.74) is 8.10. The first kappa shape index (κ1) is 14.0. The second-order valence-corrected chi connectivity index (χ2v) is 4.65. The number of nitrogen functional groups attached to an aromatic ring is 1. The van der Waals surface area contributed by atoms with Crippen molar-refractivity contribution in [2.24, 2.45) is 0 Å². The summed E-state index contributed by atoms with van der Waals surface area (Å²) < 4.78 is 0. The van der Waals surface area contributed by atoms with Crippen molar-refractivity contribution in [3.63, 3.8) is 0 Å². The van der Waals surface area contributed by atoms with Crippen LogP contribution in [0, 0.1) is 0 Å². The van der Waals surface area contributed by atoms with E-state index in [4.69, 9.17) is 5.73 Å². The molecule has 110 valence electrons. The van der Waals surface area contributed by atoms with Crippen molar-refractivity contribution >= 4 is 17.6 Å². The summed E-state index contributed by atoms with van der Waals surface area (Å²) in [5, 5.41) is 12.5. The van der Waals surface area contributed by atoms with Crippen molar-refractivity contribution in [2.75, 3.05) is 11.1 Å². The van der Waals surface area contributed by atoms with Gasteiger partial charge in [0.1, 0.15) is 0 Å². The van der Waals surface area contributed by atoms with Crippen molar-refractivity contribution in [1.82, 2.24) is 15.0 Å². The fourth-order valence-electron chi connectivity index (χ4n) is 2.10. The molecule has 0 atom stereocenters. The summed E-state index contributed by atoms with van der Waals surface area (Å²) in [6.45, 7) is -0.0940. The average Bonchev–Trinajstić information content (AvgIpc) is 2.55. The molecule has 0 unspecified atom stereocenters. The molecule has 6 nitrogen and oxygen atoms in total. The number of aliphatic hydroxyl groups excluding tert-OH is 1. The van der Waals surface area contributed by atoms with Crippen LogP contribution in [0.25, 0.3) is 11.4 Å². The highest BCUT2D eigenvalue weighted by atomic mass is 16.3. The van der Waals surface area contributed by atoms with Crippen LogP contribution in [0.2, 0.25) is 0 Å². The summed E-state index contributed by atoms with van der Waals surface area (Å²) in [4.78, 5) is 12.6. The lowest BCUT2D eigenvalue weighted by Gasteiger charge is -2.09. The number of para-hydroxylation sites is 1. The molecule has 22 heavy (non-hydrogen) atoms. The van der Waals surface area contributed by atoms with E-state index in [9.17, 15) is 5.11 Å². The van der Waals surface area contributed by atoms with E-state index >= 15 is 0 Å². The lowest BCUT2D eigenvalue weighted by molar-refractivity contribution is 0.282. The zero-order chi connectivity index (χ0) is 15.4. The quantitative estimate of drug-likeness (QED) is 0.683. The Morgan fingerprint density at radius 1 is 0.909 bits per heavy atom. The molecular formula is C16H15N5O. The third-order valence-electron chi connectivity index (χ3n) is 3.11. The number of rotatable bonds is 4. The van der Waals surface area contributed by atoms with Gasteiger partial charge in [0.05, 0.1) is 6.61 Å². The minimum atomic E-state index is -0.0940. The van der Waals surface area contributed by atoms with Crippen molar-refractivity contribution in [3.8, 4) is 11.4 Å². The molecule has 0 saturated heterocycles. The van der Waals surface area contributed by atoms with Crippen molar-refractivity contribution < 1.29 is 5.11 Å². The molecule has 6 heteroatoms. The van der Waals surface area contributed by atoms with Crippen LogP contribution in [0.1, 0.15) is 5.56 Å². The van der Waals surface area contributed by atoms with Crippen LogP contribution >= 0.6 is 0 Å². The van der Waals surface area contributed by atoms with Gasteiger partial charge in [-0.05, 0) is 17.7 Å². The van der Waals surface area contributed by atoms with Crippen molar-refractivity contribution in [3.05, 3.63) is 60.2 Å². The summed E-state index contributed by atoms with van der Waals surface area (Å²) in [5.74, 6) is 0.910. The van der Waals surface area contributed by atoms with Crippen LogP contribution in [0.15, 0.2) is 54.6 Å². The number of hydrogen-bond donors (Lipinski definition) is 3. The number of nitrogens with one attached hydrogen (secondary N) is 1. The van der Waals surface area contributed by atoms with Gasteiger partial charge in [-0.2, -0.15) is 15.0 Å². The molecule has 0 aliphatic heterocycles. The molecule has 3 rings (SSSR count). The molecule has 3 aromatic rings. The zero-order valence-corrected chi connectivity index (χ0v) is 11.8. The molecule has 4 N–H and O–H groups in total. The van der Waals surface area contributed by atoms with Crippen LogP contribution < -0.4 is 11.1 Å². The Kier molecular flexibility index (Phi) is 3.93. The number of nitrogens with two attached hydrogens (primary N) is 1. The second-order valence-electron chi connectivity index (χ2n) is 4.65. The molecule has 1 aromatic heterocycles. The summed E-state index contributed by atoms with van der Waals surface area (Å²) in [6.07, 6.45) is 0. The van der Waals surface area contributed by atoms with Crippen LogP contribution in [0.3, 0.4) is 0 Å². The maximum absolute atomic E-state index is 9.44. The molecule has 0 fully saturated rings. The highest BCUT2D eigenvalue weighted by Gasteiger charge is 2.10. The van der Waals surface area contributed by atoms with Crippen LogP contribution in [0.4, 0.5) is 17.6 Å². The lowest BCUT2D eigenvalue weighted by atomic mass is 10.1. The smallest absolute Gasteiger partial charge is 0.232 e. The Morgan fingerprint density at radius 2 is 1.64 bits per heavy atom. The number of hydrogen-bond acceptors (Lipinski definition) is 6. The summed E-state index contributed by atoms with van der Waals surface area (Å²) in [6, 6.07) is 16.9. The first-order valence-electron chi connectivity index (χ1n) is 6.79. The van der Waals surface area contributed by atoms with Gasteiger partial charge in [0.2, 0.25) is 11.9 Å². The average molecular weight is 293 g/mol. The predicted octanol–water partition coefficient (Wildman–Crippen LogP) is 2.36. The normalized spacial score (nSPS) is 10.4. The Hall–Kier alpha value is -2.99. The van der Waals surface area contributed by atoms with E-state index in [1.807, 2.05) is 54.6 Å². The topological polar surface area (TPSA) is 97.0 Å². The van der Waals surface area contributed by atoms with Gasteiger partial charge < -0.3 is 16.2 Å². The molecule has 0 radical (unpaired) electrons. The fraction of sp³-hybridized carbons (Fsp3) is 0.0625. The van der Waals surface area contributed by atoms with Crippen molar-refractivity contribution in [1.29, 1.82) is 0 Å². The fourth-order valence-corrected chi connectivity index (χ4v) is 2.10. The molecular weight excluding hydrogens is 278 g/mol. The molecule has 0 spiro atoms. The monoisotopic (exact) mass is 293 g/mol. The number of aliphatic hydroxyl groups is 1. The number of benzene rings is 2. The van der Waals surface area contributed by atoms with E-state index in [2.05, 4.69) is 20.3 Å². The Balaban J connectivity index is 2.00. The van der Waals surface area contributed by atoms with E-state index in [1.54, 1.807) is 0 Å². The van der Waals surface area contributed by atoms with Gasteiger partial charge in [0.15, 0.2) is 5.82 Å². The third kappa shape index (κ3) is 3.02. The van der Waals surface area contributed by atoms with Gasteiger partial charge in [-0.15, -0.1) is 0 Å². The standard InChI is InChI=1S/C16H15N5O/c17-15-19-14(13-9-5-4-6-11(13)10-22)20-16(21-15)18-12-7-2-1-3-8-12/h1-9,22H,10H2,(H3,17,18,19,20,21). The first-order valence-corrected chi connectivity index (χ1v) is 6.79. The van der Waals surface area contributed by atoms with E-state index < -0.39 is 0 Å². The Bertz CT molecular complexity index is 776. The molecule has 2 aromatic carbocycles. The molecule has 1 heterocycles. The second kappa shape index (κ2) is 6.19. The van der Waals surface area contributed by atoms with Gasteiger partial charge in [0, 0.05) is 11.3 Å². The molecule has 0 aliphatic carbocycles. The minimum Gasteiger partial charge on any atom is -0.392 e. The zero-order valence-electron chi connectivity index (χ0n) is 11.8. The van der Waals surface area contributed by atoms with E-state index in [-0.39, 0.29) is 12.6 Å². The van der Waals surface area contributed by atoms with Gasteiger partial charge in [0.25, 0.3) is 0 Å². The summed E-state index contributed by atoms with van der Waals surface area (Å²) in [7, 11) is 0. The van der Waals surface area contributed by atoms with Crippen molar-refractivity contribution in [2.45, 2.75) is 6.61 Å². The molecule has 0 aliphatic rings. The maximum Gasteiger partial charge on any atom is 0.232 e. The molecule has 0 amide bonds. The molecule has 0 saturated carbocycles. The van der Waals surface area contributed by atoms with E-state index in [1.165, 1.54) is 0 Å². The van der Waals surface area contributed by atoms with Crippen LogP contribution in [-0.2, 0) is 6.61 Å². The van der Waals surface area contributed by atoms with E-state index in [0.29, 0.717) is 11.8 Å². The lowest BCUT2D eigenvalue weighted by Crippen LogP contribution is -2.05. The summed E-state index contributed by atoms with van der Waals surface area (Å²) >= 11 is 0. The minimum absolute atomic E-state index is 0.0940. The van der Waals surface area contributed by atoms with E-state index in [0.717, 1.165) is 16.8 Å². The predicted molar refractivity (Wildman–Crippen MR) is 85.3 cm³/mol. The third-order valence-corrected chi connectivity index (χ3v) is 3.11. The SMILES string of the molecule is Nc1nc(Nc2ccccc2)nc(-c2ccccc2CO)n1. The maximum atomic E-state index is 9.44. The molecule has 0 bridgehead atoms. The number of aromatic nitrogens is 3. The van der Waals surface area contributed by atoms with Gasteiger partial charge >= 0.3 is 0 Å². The first-order chi connectivity index (χ1) is 10.8. The number of nitrogens with zero attached hydrogens (tertiary/aromatic N) is 3. The number of anilines is 3.